The normalized spacial score (nSPS) is 16.8. The molecule has 0 rings (SSSR count). The van der Waals surface area contributed by atoms with Gasteiger partial charge in [-0.1, -0.05) is 20.8 Å². The predicted molar refractivity (Wildman–Crippen MR) is 66.0 cm³/mol. The van der Waals surface area contributed by atoms with Gasteiger partial charge in [-0.3, -0.25) is 0 Å². The summed E-state index contributed by atoms with van der Waals surface area (Å²) in [6.07, 6.45) is 0.157. The molecule has 3 nitrogen and oxygen atoms in total. The van der Waals surface area contributed by atoms with Gasteiger partial charge in [0.05, 0.1) is 6.10 Å². The largest absolute Gasteiger partial charge is 0.376 e. The fourth-order valence-corrected chi connectivity index (χ4v) is 1.57. The third-order valence-corrected chi connectivity index (χ3v) is 3.07. The Hall–Kier alpha value is -0.120. The molecule has 0 amide bonds. The lowest BCUT2D eigenvalue weighted by Gasteiger charge is -2.36. The van der Waals surface area contributed by atoms with Crippen molar-refractivity contribution < 1.29 is 4.74 Å². The molecule has 0 radical (unpaired) electrons. The predicted octanol–water partition coefficient (Wildman–Crippen LogP) is 1.72. The molecular formula is C12H28N2O. The molecule has 0 fully saturated rings. The van der Waals surface area contributed by atoms with E-state index in [2.05, 4.69) is 39.6 Å². The van der Waals surface area contributed by atoms with Crippen molar-refractivity contribution in [1.82, 2.24) is 4.90 Å². The van der Waals surface area contributed by atoms with Gasteiger partial charge < -0.3 is 15.4 Å². The molecule has 0 aromatic carbocycles. The number of nitrogens with zero attached hydrogens (tertiary/aromatic N) is 1. The maximum atomic E-state index is 5.66. The number of ether oxygens (including phenoxy) is 1. The van der Waals surface area contributed by atoms with E-state index in [4.69, 9.17) is 10.5 Å². The van der Waals surface area contributed by atoms with Crippen LogP contribution in [0.3, 0.4) is 0 Å². The highest BCUT2D eigenvalue weighted by Gasteiger charge is 2.25. The SMILES string of the molecule is CCOC(CN)CN(C)C(C)C(C)(C)C. The average Bonchev–Trinajstić information content (AvgIpc) is 2.14. The molecule has 0 aromatic heterocycles. The van der Waals surface area contributed by atoms with Gasteiger partial charge in [0.25, 0.3) is 0 Å². The van der Waals surface area contributed by atoms with Gasteiger partial charge in [-0.2, -0.15) is 0 Å². The van der Waals surface area contributed by atoms with Gasteiger partial charge in [-0.05, 0) is 26.3 Å². The van der Waals surface area contributed by atoms with Crippen LogP contribution in [0.5, 0.6) is 0 Å². The van der Waals surface area contributed by atoms with Gasteiger partial charge in [0.15, 0.2) is 0 Å². The lowest BCUT2D eigenvalue weighted by molar-refractivity contribution is 0.0225. The van der Waals surface area contributed by atoms with E-state index in [0.717, 1.165) is 13.2 Å². The zero-order valence-electron chi connectivity index (χ0n) is 11.2. The first-order chi connectivity index (χ1) is 6.82. The third kappa shape index (κ3) is 5.50. The summed E-state index contributed by atoms with van der Waals surface area (Å²) in [6, 6.07) is 0.520. The summed E-state index contributed by atoms with van der Waals surface area (Å²) in [7, 11) is 2.14. The summed E-state index contributed by atoms with van der Waals surface area (Å²) in [4.78, 5) is 2.33. The lowest BCUT2D eigenvalue weighted by Crippen LogP contribution is -2.45. The monoisotopic (exact) mass is 216 g/mol. The highest BCUT2D eigenvalue weighted by Crippen LogP contribution is 2.23. The lowest BCUT2D eigenvalue weighted by atomic mass is 9.87. The van der Waals surface area contributed by atoms with Crippen LogP contribution in [0, 0.1) is 5.41 Å². The number of hydrogen-bond acceptors (Lipinski definition) is 3. The van der Waals surface area contributed by atoms with E-state index in [0.29, 0.717) is 18.0 Å². The van der Waals surface area contributed by atoms with Crippen molar-refractivity contribution in [2.75, 3.05) is 26.7 Å². The molecular weight excluding hydrogens is 188 g/mol. The summed E-state index contributed by atoms with van der Waals surface area (Å²) in [5, 5.41) is 0. The van der Waals surface area contributed by atoms with Crippen molar-refractivity contribution in [3.05, 3.63) is 0 Å². The van der Waals surface area contributed by atoms with Crippen molar-refractivity contribution in [2.24, 2.45) is 11.1 Å². The van der Waals surface area contributed by atoms with Crippen molar-refractivity contribution in [1.29, 1.82) is 0 Å². The molecule has 0 spiro atoms. The second-order valence-corrected chi connectivity index (χ2v) is 5.29. The van der Waals surface area contributed by atoms with Crippen LogP contribution in [0.2, 0.25) is 0 Å². The third-order valence-electron chi connectivity index (χ3n) is 3.07. The quantitative estimate of drug-likeness (QED) is 0.734. The Balaban J connectivity index is 4.15. The first-order valence-corrected chi connectivity index (χ1v) is 5.84. The first-order valence-electron chi connectivity index (χ1n) is 5.84. The minimum atomic E-state index is 0.157. The first kappa shape index (κ1) is 14.9. The molecule has 0 saturated heterocycles. The van der Waals surface area contributed by atoms with Gasteiger partial charge in [-0.15, -0.1) is 0 Å². The van der Waals surface area contributed by atoms with Gasteiger partial charge >= 0.3 is 0 Å². The minimum Gasteiger partial charge on any atom is -0.376 e. The highest BCUT2D eigenvalue weighted by atomic mass is 16.5. The van der Waals surface area contributed by atoms with E-state index < -0.39 is 0 Å². The van der Waals surface area contributed by atoms with Crippen molar-refractivity contribution in [3.63, 3.8) is 0 Å². The molecule has 0 bridgehead atoms. The second-order valence-electron chi connectivity index (χ2n) is 5.29. The van der Waals surface area contributed by atoms with Gasteiger partial charge in [0, 0.05) is 25.7 Å². The molecule has 92 valence electrons. The van der Waals surface area contributed by atoms with Crippen LogP contribution < -0.4 is 5.73 Å². The fraction of sp³-hybridized carbons (Fsp3) is 1.00. The maximum absolute atomic E-state index is 5.66. The van der Waals surface area contributed by atoms with E-state index in [9.17, 15) is 0 Å². The molecule has 0 aliphatic heterocycles. The number of rotatable bonds is 6. The topological polar surface area (TPSA) is 38.5 Å². The van der Waals surface area contributed by atoms with Crippen LogP contribution in [-0.2, 0) is 4.74 Å². The van der Waals surface area contributed by atoms with Crippen LogP contribution in [-0.4, -0.2) is 43.8 Å². The van der Waals surface area contributed by atoms with E-state index >= 15 is 0 Å². The fourth-order valence-electron chi connectivity index (χ4n) is 1.57. The summed E-state index contributed by atoms with van der Waals surface area (Å²) < 4.78 is 5.56. The van der Waals surface area contributed by atoms with Crippen LogP contribution in [0.15, 0.2) is 0 Å². The van der Waals surface area contributed by atoms with Crippen LogP contribution in [0.4, 0.5) is 0 Å². The van der Waals surface area contributed by atoms with Gasteiger partial charge in [0.2, 0.25) is 0 Å². The Morgan fingerprint density at radius 2 is 1.87 bits per heavy atom. The Kier molecular flexibility index (Phi) is 6.41. The van der Waals surface area contributed by atoms with E-state index in [1.54, 1.807) is 0 Å². The standard InChI is InChI=1S/C12H28N2O/c1-7-15-11(8-13)9-14(6)10(2)12(3,4)5/h10-11H,7-9,13H2,1-6H3. The van der Waals surface area contributed by atoms with Gasteiger partial charge in [0.1, 0.15) is 0 Å². The van der Waals surface area contributed by atoms with Crippen molar-refractivity contribution in [2.45, 2.75) is 46.8 Å². The number of likely N-dealkylation sites (N-methyl/N-ethyl adjacent to an activating group) is 1. The Morgan fingerprint density at radius 3 is 2.20 bits per heavy atom. The molecule has 0 aromatic rings. The summed E-state index contributed by atoms with van der Waals surface area (Å²) in [5.74, 6) is 0. The number of nitrogens with two attached hydrogens (primary N) is 1. The molecule has 2 N–H and O–H groups in total. The summed E-state index contributed by atoms with van der Waals surface area (Å²) in [5.41, 5.74) is 5.96. The Labute approximate surface area is 95.0 Å². The summed E-state index contributed by atoms with van der Waals surface area (Å²) in [6.45, 7) is 13.3. The smallest absolute Gasteiger partial charge is 0.0823 e. The molecule has 3 heteroatoms. The Bertz CT molecular complexity index is 165. The number of hydrogen-bond donors (Lipinski definition) is 1. The van der Waals surface area contributed by atoms with Crippen LogP contribution in [0.1, 0.15) is 34.6 Å². The van der Waals surface area contributed by atoms with E-state index in [1.807, 2.05) is 6.92 Å². The zero-order chi connectivity index (χ0) is 12.1. The van der Waals surface area contributed by atoms with Crippen molar-refractivity contribution in [3.8, 4) is 0 Å². The highest BCUT2D eigenvalue weighted by molar-refractivity contribution is 4.79. The molecule has 15 heavy (non-hydrogen) atoms. The molecule has 2 unspecified atom stereocenters. The maximum Gasteiger partial charge on any atom is 0.0823 e. The Morgan fingerprint density at radius 1 is 1.33 bits per heavy atom. The second kappa shape index (κ2) is 6.46. The molecule has 2 atom stereocenters. The zero-order valence-corrected chi connectivity index (χ0v) is 11.2. The summed E-state index contributed by atoms with van der Waals surface area (Å²) >= 11 is 0. The average molecular weight is 216 g/mol. The van der Waals surface area contributed by atoms with Crippen LogP contribution >= 0.6 is 0 Å². The van der Waals surface area contributed by atoms with Crippen molar-refractivity contribution >= 4 is 0 Å². The molecule has 0 aliphatic rings. The molecule has 0 saturated carbocycles. The van der Waals surface area contributed by atoms with E-state index in [-0.39, 0.29) is 6.10 Å². The molecule has 0 aliphatic carbocycles. The van der Waals surface area contributed by atoms with Gasteiger partial charge in [-0.25, -0.2) is 0 Å². The minimum absolute atomic E-state index is 0.157. The van der Waals surface area contributed by atoms with E-state index in [1.165, 1.54) is 0 Å². The van der Waals surface area contributed by atoms with Crippen LogP contribution in [0.25, 0.3) is 0 Å². The molecule has 0 heterocycles.